The molecule has 11 heavy (non-hydrogen) atoms. The Balaban J connectivity index is 3.31. The summed E-state index contributed by atoms with van der Waals surface area (Å²) in [5.41, 5.74) is 15.0. The molecule has 1 atom stereocenters. The molecule has 0 aromatic rings. The van der Waals surface area contributed by atoms with E-state index in [1.165, 1.54) is 0 Å². The molecule has 8 N–H and O–H groups in total. The van der Waals surface area contributed by atoms with Crippen LogP contribution in [0.2, 0.25) is 0 Å². The van der Waals surface area contributed by atoms with Gasteiger partial charge in [-0.15, -0.1) is 0 Å². The Morgan fingerprint density at radius 1 is 1.55 bits per heavy atom. The van der Waals surface area contributed by atoms with Crippen LogP contribution in [-0.2, 0) is 4.79 Å². The van der Waals surface area contributed by atoms with Crippen LogP contribution in [0.4, 0.5) is 0 Å². The fraction of sp³-hybridized carbons (Fsp3) is 0.800. The fourth-order valence-corrected chi connectivity index (χ4v) is 0.529. The largest absolute Gasteiger partial charge is 0.383 e. The highest BCUT2D eigenvalue weighted by atomic mass is 16.3. The van der Waals surface area contributed by atoms with Crippen LogP contribution in [0.1, 0.15) is 6.42 Å². The van der Waals surface area contributed by atoms with Gasteiger partial charge in [-0.1, -0.05) is 0 Å². The molecule has 0 aromatic carbocycles. The first-order chi connectivity index (χ1) is 5.04. The van der Waals surface area contributed by atoms with Gasteiger partial charge in [0.2, 0.25) is 5.91 Å². The third-order valence-corrected chi connectivity index (χ3v) is 1.13. The minimum absolute atomic E-state index is 0.222. The molecule has 0 bridgehead atoms. The molecule has 0 aliphatic heterocycles. The van der Waals surface area contributed by atoms with Crippen LogP contribution in [0.3, 0.4) is 0 Å². The van der Waals surface area contributed by atoms with Crippen LogP contribution < -0.4 is 22.5 Å². The first-order valence-corrected chi connectivity index (χ1v) is 3.26. The van der Waals surface area contributed by atoms with Crippen molar-refractivity contribution in [3.63, 3.8) is 0 Å². The van der Waals surface area contributed by atoms with Gasteiger partial charge >= 0.3 is 0 Å². The smallest absolute Gasteiger partial charge is 0.246 e. The van der Waals surface area contributed by atoms with E-state index >= 15 is 0 Å². The average molecular weight is 162 g/mol. The monoisotopic (exact) mass is 162 g/mol. The molecular formula is C5H14N4O2. The highest BCUT2D eigenvalue weighted by Crippen LogP contribution is 1.86. The number of carbonyl (C=O) groups excluding carboxylic acids is 1. The summed E-state index contributed by atoms with van der Waals surface area (Å²) in [6.45, 7) is 0.363. The molecule has 0 fully saturated rings. The molecule has 0 heterocycles. The second kappa shape index (κ2) is 5.03. The van der Waals surface area contributed by atoms with E-state index in [1.807, 2.05) is 0 Å². The van der Waals surface area contributed by atoms with Crippen LogP contribution >= 0.6 is 0 Å². The molecule has 0 aliphatic carbocycles. The molecule has 0 saturated heterocycles. The Morgan fingerprint density at radius 2 is 2.09 bits per heavy atom. The standard InChI is InChI=1S/C5H14N4O2/c6-4(11)3(10)1-2-9-5(7)8/h3,5,9-10H,1-2,7-8H2,(H2,6,11)/t3-/m0/s1. The molecule has 0 radical (unpaired) electrons. The summed E-state index contributed by atoms with van der Waals surface area (Å²) in [7, 11) is 0. The minimum Gasteiger partial charge on any atom is -0.383 e. The molecule has 6 heteroatoms. The van der Waals surface area contributed by atoms with E-state index in [0.717, 1.165) is 0 Å². The lowest BCUT2D eigenvalue weighted by molar-refractivity contribution is -0.126. The van der Waals surface area contributed by atoms with E-state index in [0.29, 0.717) is 6.54 Å². The molecule has 0 spiro atoms. The van der Waals surface area contributed by atoms with Gasteiger partial charge in [0, 0.05) is 6.54 Å². The van der Waals surface area contributed by atoms with Gasteiger partial charge in [0.15, 0.2) is 0 Å². The van der Waals surface area contributed by atoms with Gasteiger partial charge in [0.25, 0.3) is 0 Å². The van der Waals surface area contributed by atoms with E-state index in [-0.39, 0.29) is 6.42 Å². The van der Waals surface area contributed by atoms with Gasteiger partial charge < -0.3 is 22.3 Å². The van der Waals surface area contributed by atoms with E-state index in [4.69, 9.17) is 22.3 Å². The average Bonchev–Trinajstić information content (AvgIpc) is 1.86. The summed E-state index contributed by atoms with van der Waals surface area (Å²) in [4.78, 5) is 10.3. The first kappa shape index (κ1) is 10.3. The van der Waals surface area contributed by atoms with Gasteiger partial charge in [-0.05, 0) is 6.42 Å². The van der Waals surface area contributed by atoms with Crippen molar-refractivity contribution in [1.29, 1.82) is 0 Å². The van der Waals surface area contributed by atoms with E-state index < -0.39 is 18.3 Å². The summed E-state index contributed by atoms with van der Waals surface area (Å²) < 4.78 is 0. The number of primary amides is 1. The van der Waals surface area contributed by atoms with E-state index in [2.05, 4.69) is 5.32 Å². The zero-order valence-electron chi connectivity index (χ0n) is 6.16. The molecule has 0 unspecified atom stereocenters. The zero-order chi connectivity index (χ0) is 8.85. The van der Waals surface area contributed by atoms with Crippen LogP contribution in [0.5, 0.6) is 0 Å². The predicted octanol–water partition coefficient (Wildman–Crippen LogP) is -2.99. The molecule has 66 valence electrons. The van der Waals surface area contributed by atoms with Gasteiger partial charge in [-0.2, -0.15) is 0 Å². The number of nitrogens with two attached hydrogens (primary N) is 3. The second-order valence-electron chi connectivity index (χ2n) is 2.19. The SMILES string of the molecule is NC(=O)[C@@H](O)CCNC(N)N. The molecule has 1 amide bonds. The number of aliphatic hydroxyl groups is 1. The first-order valence-electron chi connectivity index (χ1n) is 3.26. The fourth-order valence-electron chi connectivity index (χ4n) is 0.529. The number of carbonyl (C=O) groups is 1. The summed E-state index contributed by atoms with van der Waals surface area (Å²) in [6.07, 6.45) is -1.53. The van der Waals surface area contributed by atoms with Crippen LogP contribution in [0.25, 0.3) is 0 Å². The van der Waals surface area contributed by atoms with Crippen molar-refractivity contribution in [2.75, 3.05) is 6.54 Å². The Kier molecular flexibility index (Phi) is 4.71. The number of aliphatic hydroxyl groups excluding tert-OH is 1. The highest BCUT2D eigenvalue weighted by Gasteiger charge is 2.09. The lowest BCUT2D eigenvalue weighted by Crippen LogP contribution is -2.46. The normalized spacial score (nSPS) is 13.5. The number of rotatable bonds is 5. The predicted molar refractivity (Wildman–Crippen MR) is 40.0 cm³/mol. The molecule has 0 saturated carbocycles. The van der Waals surface area contributed by atoms with Crippen LogP contribution in [-0.4, -0.2) is 30.0 Å². The van der Waals surface area contributed by atoms with Crippen molar-refractivity contribution >= 4 is 5.91 Å². The quantitative estimate of drug-likeness (QED) is 0.275. The molecule has 0 rings (SSSR count). The third kappa shape index (κ3) is 5.74. The molecule has 0 aromatic heterocycles. The molecular weight excluding hydrogens is 148 g/mol. The van der Waals surface area contributed by atoms with Crippen molar-refractivity contribution in [2.24, 2.45) is 17.2 Å². The Morgan fingerprint density at radius 3 is 2.45 bits per heavy atom. The summed E-state index contributed by atoms with van der Waals surface area (Å²) in [5.74, 6) is -0.739. The Labute approximate surface area is 64.7 Å². The van der Waals surface area contributed by atoms with E-state index in [9.17, 15) is 4.79 Å². The number of nitrogens with one attached hydrogen (secondary N) is 1. The van der Waals surface area contributed by atoms with Gasteiger partial charge in [-0.25, -0.2) is 0 Å². The summed E-state index contributed by atoms with van der Waals surface area (Å²) in [5, 5.41) is 11.5. The Bertz CT molecular complexity index is 128. The lowest BCUT2D eigenvalue weighted by Gasteiger charge is -2.09. The third-order valence-electron chi connectivity index (χ3n) is 1.13. The molecule has 0 aliphatic rings. The van der Waals surface area contributed by atoms with Crippen molar-refractivity contribution in [3.05, 3.63) is 0 Å². The van der Waals surface area contributed by atoms with Crippen molar-refractivity contribution in [1.82, 2.24) is 5.32 Å². The summed E-state index contributed by atoms with van der Waals surface area (Å²) in [6, 6.07) is 0. The second-order valence-corrected chi connectivity index (χ2v) is 2.19. The topological polar surface area (TPSA) is 127 Å². The zero-order valence-corrected chi connectivity index (χ0v) is 6.16. The maximum absolute atomic E-state index is 10.3. The van der Waals surface area contributed by atoms with Crippen molar-refractivity contribution in [3.8, 4) is 0 Å². The maximum Gasteiger partial charge on any atom is 0.246 e. The van der Waals surface area contributed by atoms with Gasteiger partial charge in [0.1, 0.15) is 12.4 Å². The van der Waals surface area contributed by atoms with Crippen molar-refractivity contribution in [2.45, 2.75) is 18.8 Å². The number of amides is 1. The van der Waals surface area contributed by atoms with Crippen LogP contribution in [0.15, 0.2) is 0 Å². The van der Waals surface area contributed by atoms with Crippen molar-refractivity contribution < 1.29 is 9.90 Å². The lowest BCUT2D eigenvalue weighted by atomic mass is 10.2. The number of hydrogen-bond donors (Lipinski definition) is 5. The highest BCUT2D eigenvalue weighted by molar-refractivity contribution is 5.78. The number of hydrogen-bond acceptors (Lipinski definition) is 5. The van der Waals surface area contributed by atoms with Gasteiger partial charge in [0.05, 0.1) is 0 Å². The van der Waals surface area contributed by atoms with Gasteiger partial charge in [-0.3, -0.25) is 10.1 Å². The van der Waals surface area contributed by atoms with Crippen LogP contribution in [0, 0.1) is 0 Å². The minimum atomic E-state index is -1.12. The van der Waals surface area contributed by atoms with E-state index in [1.54, 1.807) is 0 Å². The molecule has 6 nitrogen and oxygen atoms in total. The maximum atomic E-state index is 10.3. The summed E-state index contributed by atoms with van der Waals surface area (Å²) >= 11 is 0. The Hall–Kier alpha value is -0.690.